The second-order valence-electron chi connectivity index (χ2n) is 7.94. The number of hydrogen-bond acceptors (Lipinski definition) is 9. The van der Waals surface area contributed by atoms with Crippen LogP contribution in [0, 0.1) is 0 Å². The van der Waals surface area contributed by atoms with E-state index in [0.717, 1.165) is 11.1 Å². The molecule has 0 fully saturated rings. The zero-order chi connectivity index (χ0) is 29.1. The minimum Gasteiger partial charge on any atom is -0.662 e. The van der Waals surface area contributed by atoms with E-state index in [1.165, 1.54) is 0 Å². The smallest absolute Gasteiger partial charge is 0.291 e. The van der Waals surface area contributed by atoms with Crippen molar-refractivity contribution in [3.8, 4) is 0 Å². The fourth-order valence-corrected chi connectivity index (χ4v) is 3.63. The van der Waals surface area contributed by atoms with E-state index in [-0.39, 0.29) is 39.9 Å². The predicted octanol–water partition coefficient (Wildman–Crippen LogP) is 1.91. The van der Waals surface area contributed by atoms with Crippen LogP contribution in [0.2, 0.25) is 0 Å². The van der Waals surface area contributed by atoms with Gasteiger partial charge in [-0.15, -0.1) is 10.2 Å². The first-order valence-corrected chi connectivity index (χ1v) is 11.4. The van der Waals surface area contributed by atoms with Gasteiger partial charge in [0.25, 0.3) is 5.97 Å². The molecule has 13 heteroatoms. The molecule has 0 aliphatic carbocycles. The number of aromatic nitrogens is 6. The predicted molar refractivity (Wildman–Crippen MR) is 139 cm³/mol. The Morgan fingerprint density at radius 2 is 1.15 bits per heavy atom. The maximum Gasteiger partial charge on any atom is 0.291 e. The van der Waals surface area contributed by atoms with Gasteiger partial charge in [0.2, 0.25) is 0 Å². The summed E-state index contributed by atoms with van der Waals surface area (Å²) in [6.07, 6.45) is 3.65. The minimum atomic E-state index is -1.59. The first kappa shape index (κ1) is 35.8. The van der Waals surface area contributed by atoms with Crippen molar-refractivity contribution in [2.75, 3.05) is 6.61 Å². The van der Waals surface area contributed by atoms with Crippen LogP contribution in [0.5, 0.6) is 0 Å². The van der Waals surface area contributed by atoms with Crippen LogP contribution in [0.15, 0.2) is 73.1 Å². The first-order valence-electron chi connectivity index (χ1n) is 11.4. The molecule has 0 atom stereocenters. The van der Waals surface area contributed by atoms with Gasteiger partial charge in [-0.05, 0) is 36.4 Å². The Morgan fingerprint density at radius 1 is 0.775 bits per heavy atom. The van der Waals surface area contributed by atoms with Gasteiger partial charge in [0.15, 0.2) is 0 Å². The van der Waals surface area contributed by atoms with Crippen molar-refractivity contribution in [2.24, 2.45) is 0 Å². The average molecular weight is 715 g/mol. The largest absolute Gasteiger partial charge is 0.662 e. The molecule has 0 bridgehead atoms. The number of hydrogen-bond donors (Lipinski definition) is 0. The van der Waals surface area contributed by atoms with Crippen molar-refractivity contribution in [1.29, 1.82) is 0 Å². The molecule has 0 aliphatic rings. The molecule has 4 radical (unpaired) electrons. The molecule has 2 aromatic carbocycles. The zero-order valence-electron chi connectivity index (χ0n) is 21.6. The molecule has 0 unspecified atom stereocenters. The van der Waals surface area contributed by atoms with Crippen molar-refractivity contribution < 1.29 is 44.3 Å². The van der Waals surface area contributed by atoms with E-state index in [0.29, 0.717) is 24.5 Å². The third-order valence-corrected chi connectivity index (χ3v) is 5.18. The Morgan fingerprint density at radius 3 is 1.50 bits per heavy atom. The van der Waals surface area contributed by atoms with Gasteiger partial charge in [-0.25, -0.2) is 9.36 Å². The van der Waals surface area contributed by atoms with Crippen LogP contribution in [-0.2, 0) is 70.3 Å². The van der Waals surface area contributed by atoms with E-state index < -0.39 is 11.5 Å². The number of esters is 1. The van der Waals surface area contributed by atoms with E-state index in [4.69, 9.17) is 24.9 Å². The van der Waals surface area contributed by atoms with E-state index in [2.05, 4.69) is 41.0 Å². The number of rotatable bonds is 10. The van der Waals surface area contributed by atoms with Gasteiger partial charge in [0.1, 0.15) is 0 Å². The molecule has 2 heterocycles. The Kier molecular flexibility index (Phi) is 17.8. The van der Waals surface area contributed by atoms with Crippen LogP contribution in [0.25, 0.3) is 5.73 Å². The normalized spacial score (nSPS) is 9.75. The number of nitrogens with one attached hydrogen (secondary N) is 1. The summed E-state index contributed by atoms with van der Waals surface area (Å²) in [5, 5.41) is 16.7. The van der Waals surface area contributed by atoms with E-state index >= 15 is 0 Å². The maximum absolute atomic E-state index is 12.7. The molecule has 4 rings (SSSR count). The molecule has 12 nitrogen and oxygen atoms in total. The van der Waals surface area contributed by atoms with Crippen LogP contribution >= 0.6 is 0 Å². The summed E-state index contributed by atoms with van der Waals surface area (Å²) in [5.74, 6) is -0.611. The average Bonchev–Trinajstić information content (AvgIpc) is 3.61. The maximum atomic E-state index is 12.7. The molecule has 0 aliphatic heterocycles. The number of ether oxygens (including phenoxy) is 1. The molecule has 1 N–H and O–H groups in total. The fourth-order valence-electron chi connectivity index (χ4n) is 3.63. The Hall–Kier alpha value is -4.18. The summed E-state index contributed by atoms with van der Waals surface area (Å²) in [4.78, 5) is 35.2. The van der Waals surface area contributed by atoms with E-state index in [1.807, 2.05) is 60.7 Å². The third kappa shape index (κ3) is 11.3. The summed E-state index contributed by atoms with van der Waals surface area (Å²) in [7, 11) is 0. The molecular weight excluding hydrogens is 689 g/mol. The molecule has 4 aromatic rings. The molecule has 40 heavy (non-hydrogen) atoms. The first-order chi connectivity index (χ1) is 19.0. The molecular formula is C27H26N7O5Re-4. The molecule has 2 aromatic heterocycles. The van der Waals surface area contributed by atoms with E-state index in [1.54, 1.807) is 28.7 Å². The Balaban J connectivity index is 0.00000204. The summed E-state index contributed by atoms with van der Waals surface area (Å²) >= 11 is 0. The van der Waals surface area contributed by atoms with Crippen LogP contribution in [0.1, 0.15) is 29.4 Å². The van der Waals surface area contributed by atoms with Gasteiger partial charge in [-0.3, -0.25) is 4.79 Å². The SMILES string of the molecule is CCOC(=O)C([NH-])(Cc1cn(Cc2ccccc2)nn1)Cc1cn(Cc2ccccc2)nn1.[C-]=O.[C-]=O.[C-]=O.[Re]. The van der Waals surface area contributed by atoms with Crippen LogP contribution < -0.4 is 0 Å². The summed E-state index contributed by atoms with van der Waals surface area (Å²) < 4.78 is 8.62. The van der Waals surface area contributed by atoms with Gasteiger partial charge >= 0.3 is 0 Å². The van der Waals surface area contributed by atoms with Crippen molar-refractivity contribution in [2.45, 2.75) is 38.4 Å². The second kappa shape index (κ2) is 19.8. The molecule has 0 saturated carbocycles. The number of nitrogens with zero attached hydrogens (tertiary/aromatic N) is 6. The van der Waals surface area contributed by atoms with Gasteiger partial charge in [-0.1, -0.05) is 71.1 Å². The van der Waals surface area contributed by atoms with Crippen LogP contribution in [0.4, 0.5) is 0 Å². The fraction of sp³-hybridized carbons (Fsp3) is 0.259. The topological polar surface area (TPSA) is 163 Å². The molecule has 0 saturated heterocycles. The summed E-state index contributed by atoms with van der Waals surface area (Å²) in [6, 6.07) is 19.8. The van der Waals surface area contributed by atoms with E-state index in [9.17, 15) is 4.79 Å². The van der Waals surface area contributed by atoms with Crippen molar-refractivity contribution >= 4 is 26.3 Å². The standard InChI is InChI=1S/C24H26N7O2.3CO.Re/c1-2-33-23(32)24(25,13-21-17-30(28-26-21)15-19-9-5-3-6-10-19)14-22-18-31(29-27-22)16-20-11-7-4-8-12-20;3*1-2;/h3-12,17-18,25H,2,13-16H2,1H3;;;;/q4*-1;. The minimum absolute atomic E-state index is 0. The number of benzene rings is 2. The second-order valence-corrected chi connectivity index (χ2v) is 7.94. The Bertz CT molecular complexity index is 1150. The van der Waals surface area contributed by atoms with Crippen molar-refractivity contribution in [3.05, 3.63) is 101 Å². The number of carbonyl (C=O) groups excluding carboxylic acids is 4. The molecule has 210 valence electrons. The zero-order valence-corrected chi connectivity index (χ0v) is 24.3. The monoisotopic (exact) mass is 715 g/mol. The van der Waals surface area contributed by atoms with Gasteiger partial charge in [-0.2, -0.15) is 0 Å². The Labute approximate surface area is 246 Å². The summed E-state index contributed by atoms with van der Waals surface area (Å²) in [5.41, 5.74) is 10.6. The van der Waals surface area contributed by atoms with Gasteiger partial charge < -0.3 is 45.2 Å². The molecule has 0 spiro atoms. The van der Waals surface area contributed by atoms with Crippen molar-refractivity contribution in [3.63, 3.8) is 0 Å². The van der Waals surface area contributed by atoms with Gasteiger partial charge in [0.05, 0.1) is 31.1 Å². The van der Waals surface area contributed by atoms with Crippen molar-refractivity contribution in [1.82, 2.24) is 30.0 Å². The van der Waals surface area contributed by atoms with Gasteiger partial charge in [0, 0.05) is 32.8 Å². The number of carbonyl (C=O) groups is 1. The van der Waals surface area contributed by atoms with Crippen LogP contribution in [0.3, 0.4) is 0 Å². The third-order valence-electron chi connectivity index (χ3n) is 5.18. The van der Waals surface area contributed by atoms with Crippen LogP contribution in [-0.4, -0.2) is 68.5 Å². The summed E-state index contributed by atoms with van der Waals surface area (Å²) in [6.45, 7) is 16.5. The quantitative estimate of drug-likeness (QED) is 0.177. The molecule has 0 amide bonds.